The van der Waals surface area contributed by atoms with E-state index in [1.54, 1.807) is 6.20 Å². The molecular weight excluding hydrogens is 334 g/mol. The number of anilines is 2. The van der Waals surface area contributed by atoms with Crippen molar-refractivity contribution in [3.8, 4) is 0 Å². The van der Waals surface area contributed by atoms with E-state index in [0.29, 0.717) is 0 Å². The third-order valence-corrected chi connectivity index (χ3v) is 5.84. The average Bonchev–Trinajstić information content (AvgIpc) is 3.04. The zero-order valence-corrected chi connectivity index (χ0v) is 15.2. The van der Waals surface area contributed by atoms with Gasteiger partial charge in [-0.25, -0.2) is 4.98 Å². The number of ether oxygens (including phenoxy) is 1. The van der Waals surface area contributed by atoms with Gasteiger partial charge in [0, 0.05) is 31.0 Å². The Morgan fingerprint density at radius 1 is 0.963 bits per heavy atom. The van der Waals surface area contributed by atoms with Crippen molar-refractivity contribution < 1.29 is 4.74 Å². The lowest BCUT2D eigenvalue weighted by Crippen LogP contribution is -2.43. The number of piperidine rings is 1. The van der Waals surface area contributed by atoms with Crippen molar-refractivity contribution in [3.05, 3.63) is 89.6 Å². The molecule has 1 saturated heterocycles. The molecule has 27 heavy (non-hydrogen) atoms. The molecule has 0 saturated carbocycles. The number of pyridine rings is 1. The summed E-state index contributed by atoms with van der Waals surface area (Å²) in [4.78, 5) is 6.80. The molecule has 5 rings (SSSR count). The number of fused-ring (bicyclic) bond motifs is 2. The third-order valence-electron chi connectivity index (χ3n) is 5.84. The second-order valence-electron chi connectivity index (χ2n) is 7.42. The summed E-state index contributed by atoms with van der Waals surface area (Å²) in [5.74, 6) is 0.954. The smallest absolute Gasteiger partial charge is 0.130 e. The van der Waals surface area contributed by atoms with Gasteiger partial charge >= 0.3 is 0 Å². The van der Waals surface area contributed by atoms with Crippen LogP contribution in [-0.2, 0) is 10.3 Å². The van der Waals surface area contributed by atoms with E-state index in [4.69, 9.17) is 10.5 Å². The normalized spacial score (nSPS) is 20.6. The summed E-state index contributed by atoms with van der Waals surface area (Å²) >= 11 is 0. The first-order valence-corrected chi connectivity index (χ1v) is 9.54. The minimum Gasteiger partial charge on any atom is -0.399 e. The maximum atomic E-state index is 6.78. The highest BCUT2D eigenvalue weighted by Crippen LogP contribution is 2.51. The second kappa shape index (κ2) is 6.39. The van der Waals surface area contributed by atoms with Gasteiger partial charge in [-0.15, -0.1) is 0 Å². The van der Waals surface area contributed by atoms with E-state index >= 15 is 0 Å². The lowest BCUT2D eigenvalue weighted by atomic mass is 9.83. The van der Waals surface area contributed by atoms with Crippen LogP contribution in [0.3, 0.4) is 0 Å². The number of aromatic nitrogens is 1. The zero-order valence-electron chi connectivity index (χ0n) is 15.2. The first kappa shape index (κ1) is 16.3. The predicted octanol–water partition coefficient (Wildman–Crippen LogP) is 4.28. The maximum Gasteiger partial charge on any atom is 0.130 e. The summed E-state index contributed by atoms with van der Waals surface area (Å²) < 4.78 is 6.78. The molecule has 4 heteroatoms. The minimum absolute atomic E-state index is 0.0134. The molecule has 2 aliphatic rings. The highest BCUT2D eigenvalue weighted by atomic mass is 16.5. The van der Waals surface area contributed by atoms with Gasteiger partial charge in [-0.3, -0.25) is 0 Å². The number of hydrogen-bond acceptors (Lipinski definition) is 4. The Morgan fingerprint density at radius 3 is 2.48 bits per heavy atom. The highest BCUT2D eigenvalue weighted by Gasteiger charge is 2.47. The fraction of sp³-hybridized carbons (Fsp3) is 0.261. The molecule has 2 N–H and O–H groups in total. The van der Waals surface area contributed by atoms with Crippen LogP contribution in [0.4, 0.5) is 11.5 Å². The van der Waals surface area contributed by atoms with Gasteiger partial charge in [0.2, 0.25) is 0 Å². The van der Waals surface area contributed by atoms with Gasteiger partial charge in [0.25, 0.3) is 0 Å². The molecule has 3 aromatic rings. The van der Waals surface area contributed by atoms with Crippen LogP contribution in [0.1, 0.15) is 35.6 Å². The van der Waals surface area contributed by atoms with Crippen molar-refractivity contribution >= 4 is 11.5 Å². The Bertz CT molecular complexity index is 949. The third kappa shape index (κ3) is 2.77. The Balaban J connectivity index is 1.44. The first-order chi connectivity index (χ1) is 13.3. The Kier molecular flexibility index (Phi) is 3.87. The summed E-state index contributed by atoms with van der Waals surface area (Å²) in [7, 11) is 0. The highest BCUT2D eigenvalue weighted by molar-refractivity contribution is 5.51. The number of rotatable bonds is 2. The molecule has 1 aromatic heterocycles. The molecule has 3 heterocycles. The maximum absolute atomic E-state index is 6.78. The summed E-state index contributed by atoms with van der Waals surface area (Å²) in [6.07, 6.45) is 3.69. The zero-order chi connectivity index (χ0) is 18.3. The molecule has 0 amide bonds. The monoisotopic (exact) mass is 357 g/mol. The van der Waals surface area contributed by atoms with Crippen molar-refractivity contribution in [2.45, 2.75) is 24.5 Å². The molecule has 0 aliphatic carbocycles. The molecule has 1 spiro atoms. The summed E-state index contributed by atoms with van der Waals surface area (Å²) in [5, 5.41) is 0. The molecular formula is C23H23N3O. The van der Waals surface area contributed by atoms with Gasteiger partial charge in [-0.2, -0.15) is 0 Å². The predicted molar refractivity (Wildman–Crippen MR) is 108 cm³/mol. The summed E-state index contributed by atoms with van der Waals surface area (Å²) in [5.41, 5.74) is 10.4. The van der Waals surface area contributed by atoms with Crippen molar-refractivity contribution in [3.63, 3.8) is 0 Å². The lowest BCUT2D eigenvalue weighted by Gasteiger charge is -2.40. The van der Waals surface area contributed by atoms with Crippen LogP contribution in [0.5, 0.6) is 0 Å². The topological polar surface area (TPSA) is 51.4 Å². The molecule has 2 aromatic carbocycles. The quantitative estimate of drug-likeness (QED) is 0.744. The molecule has 136 valence electrons. The fourth-order valence-corrected chi connectivity index (χ4v) is 4.46. The van der Waals surface area contributed by atoms with Crippen molar-refractivity contribution in [2.24, 2.45) is 0 Å². The van der Waals surface area contributed by atoms with Crippen molar-refractivity contribution in [1.82, 2.24) is 4.98 Å². The van der Waals surface area contributed by atoms with Gasteiger partial charge in [-0.1, -0.05) is 54.6 Å². The first-order valence-electron chi connectivity index (χ1n) is 9.54. The van der Waals surface area contributed by atoms with Gasteiger partial charge in [0.15, 0.2) is 0 Å². The van der Waals surface area contributed by atoms with E-state index in [1.165, 1.54) is 16.7 Å². The van der Waals surface area contributed by atoms with Crippen molar-refractivity contribution in [1.29, 1.82) is 0 Å². The number of benzene rings is 2. The van der Waals surface area contributed by atoms with E-state index in [2.05, 4.69) is 64.5 Å². The van der Waals surface area contributed by atoms with E-state index in [1.807, 2.05) is 12.1 Å². The number of hydrogen-bond donors (Lipinski definition) is 1. The molecule has 2 aliphatic heterocycles. The molecule has 1 fully saturated rings. The standard InChI is InChI=1S/C23H23N3O/c24-18-10-13-25-21(16-18)26-14-11-23(12-15-26)20-9-5-4-8-19(20)22(27-23)17-6-2-1-3-7-17/h1-10,13,16,22H,11-12,14-15H2,(H2,24,25). The van der Waals surface area contributed by atoms with Crippen LogP contribution in [0, 0.1) is 0 Å². The van der Waals surface area contributed by atoms with Crippen LogP contribution in [0.25, 0.3) is 0 Å². The fourth-order valence-electron chi connectivity index (χ4n) is 4.46. The summed E-state index contributed by atoms with van der Waals surface area (Å²) in [6.45, 7) is 1.82. The van der Waals surface area contributed by atoms with Crippen LogP contribution < -0.4 is 10.6 Å². The largest absolute Gasteiger partial charge is 0.399 e. The Labute approximate surface area is 159 Å². The average molecular weight is 357 g/mol. The SMILES string of the molecule is Nc1ccnc(N2CCC3(CC2)OC(c2ccccc2)c2ccccc23)c1. The van der Waals surface area contributed by atoms with E-state index in [9.17, 15) is 0 Å². The molecule has 1 unspecified atom stereocenters. The molecule has 4 nitrogen and oxygen atoms in total. The molecule has 0 radical (unpaired) electrons. The second-order valence-corrected chi connectivity index (χ2v) is 7.42. The van der Waals surface area contributed by atoms with Crippen LogP contribution in [0.15, 0.2) is 72.9 Å². The number of nitrogens with two attached hydrogens (primary N) is 1. The van der Waals surface area contributed by atoms with Crippen LogP contribution in [-0.4, -0.2) is 18.1 Å². The van der Waals surface area contributed by atoms with Gasteiger partial charge < -0.3 is 15.4 Å². The lowest BCUT2D eigenvalue weighted by molar-refractivity contribution is -0.0765. The van der Waals surface area contributed by atoms with Gasteiger partial charge in [0.1, 0.15) is 11.9 Å². The van der Waals surface area contributed by atoms with Crippen LogP contribution in [0.2, 0.25) is 0 Å². The minimum atomic E-state index is -0.214. The van der Waals surface area contributed by atoms with Gasteiger partial charge in [-0.05, 0) is 35.6 Å². The number of nitrogen functional groups attached to an aromatic ring is 1. The van der Waals surface area contributed by atoms with Crippen molar-refractivity contribution in [2.75, 3.05) is 23.7 Å². The Morgan fingerprint density at radius 2 is 1.70 bits per heavy atom. The molecule has 1 atom stereocenters. The van der Waals surface area contributed by atoms with E-state index in [-0.39, 0.29) is 11.7 Å². The van der Waals surface area contributed by atoms with Gasteiger partial charge in [0.05, 0.1) is 5.60 Å². The molecule has 0 bridgehead atoms. The van der Waals surface area contributed by atoms with E-state index in [0.717, 1.165) is 37.4 Å². The summed E-state index contributed by atoms with van der Waals surface area (Å²) in [6, 6.07) is 23.0. The Hall–Kier alpha value is -2.85. The van der Waals surface area contributed by atoms with Crippen LogP contribution >= 0.6 is 0 Å². The number of nitrogens with zero attached hydrogens (tertiary/aromatic N) is 2. The van der Waals surface area contributed by atoms with E-state index < -0.39 is 0 Å².